The van der Waals surface area contributed by atoms with E-state index < -0.39 is 0 Å². The zero-order valence-electron chi connectivity index (χ0n) is 9.76. The molecule has 16 heavy (non-hydrogen) atoms. The Morgan fingerprint density at radius 3 is 2.50 bits per heavy atom. The second-order valence-corrected chi connectivity index (χ2v) is 5.45. The molecule has 3 heteroatoms. The molecule has 0 aliphatic rings. The van der Waals surface area contributed by atoms with Crippen LogP contribution in [0.3, 0.4) is 0 Å². The van der Waals surface area contributed by atoms with Crippen molar-refractivity contribution in [3.63, 3.8) is 0 Å². The highest BCUT2D eigenvalue weighted by Crippen LogP contribution is 2.20. The van der Waals surface area contributed by atoms with Gasteiger partial charge in [0.15, 0.2) is 0 Å². The number of nitrogens with one attached hydrogen (secondary N) is 1. The molecule has 0 atom stereocenters. The lowest BCUT2D eigenvalue weighted by Crippen LogP contribution is -2.11. The molecule has 0 aromatic heterocycles. The maximum absolute atomic E-state index is 8.87. The van der Waals surface area contributed by atoms with Crippen molar-refractivity contribution in [2.24, 2.45) is 5.41 Å². The first-order valence-electron chi connectivity index (χ1n) is 5.44. The number of hydrogen-bond acceptors (Lipinski definition) is 2. The molecular weight excluding hydrogens is 264 g/mol. The van der Waals surface area contributed by atoms with Gasteiger partial charge in [0.2, 0.25) is 0 Å². The van der Waals surface area contributed by atoms with E-state index in [1.165, 1.54) is 0 Å². The van der Waals surface area contributed by atoms with Gasteiger partial charge in [-0.1, -0.05) is 15.9 Å². The lowest BCUT2D eigenvalue weighted by atomic mass is 9.90. The third-order valence-corrected chi connectivity index (χ3v) is 2.98. The van der Waals surface area contributed by atoms with Crippen molar-refractivity contribution in [1.29, 1.82) is 5.26 Å². The Hall–Kier alpha value is -1.01. The molecule has 0 aliphatic carbocycles. The van der Waals surface area contributed by atoms with Crippen LogP contribution in [-0.2, 0) is 0 Å². The molecule has 0 saturated heterocycles. The minimum Gasteiger partial charge on any atom is -0.385 e. The lowest BCUT2D eigenvalue weighted by Gasteiger charge is -2.15. The van der Waals surface area contributed by atoms with Gasteiger partial charge in [-0.15, -0.1) is 0 Å². The van der Waals surface area contributed by atoms with Gasteiger partial charge >= 0.3 is 0 Å². The van der Waals surface area contributed by atoms with E-state index in [4.69, 9.17) is 5.26 Å². The number of nitriles is 1. The maximum Gasteiger partial charge on any atom is 0.0683 e. The zero-order chi connectivity index (χ0) is 12.0. The molecule has 0 saturated carbocycles. The average molecular weight is 281 g/mol. The predicted molar refractivity (Wildman–Crippen MR) is 71.3 cm³/mol. The molecule has 1 aromatic carbocycles. The summed E-state index contributed by atoms with van der Waals surface area (Å²) in [5.74, 6) is 0. The van der Waals surface area contributed by atoms with Gasteiger partial charge in [0, 0.05) is 16.7 Å². The lowest BCUT2D eigenvalue weighted by molar-refractivity contribution is 0.441. The standard InChI is InChI=1S/C13H17BrN2/c1-13(2,10-15)8-3-9-16-12-6-4-11(14)5-7-12/h4-7,16H,3,8-9H2,1-2H3. The second kappa shape index (κ2) is 5.91. The fourth-order valence-corrected chi connectivity index (χ4v) is 1.65. The highest BCUT2D eigenvalue weighted by Gasteiger charge is 2.15. The molecule has 0 unspecified atom stereocenters. The minimum atomic E-state index is -0.207. The van der Waals surface area contributed by atoms with E-state index in [9.17, 15) is 0 Å². The first-order valence-corrected chi connectivity index (χ1v) is 6.23. The monoisotopic (exact) mass is 280 g/mol. The van der Waals surface area contributed by atoms with E-state index in [2.05, 4.69) is 27.3 Å². The van der Waals surface area contributed by atoms with Gasteiger partial charge in [0.25, 0.3) is 0 Å². The Morgan fingerprint density at radius 1 is 1.31 bits per heavy atom. The van der Waals surface area contributed by atoms with Crippen LogP contribution >= 0.6 is 15.9 Å². The van der Waals surface area contributed by atoms with Crippen LogP contribution in [0, 0.1) is 16.7 Å². The summed E-state index contributed by atoms with van der Waals surface area (Å²) in [5.41, 5.74) is 0.916. The summed E-state index contributed by atoms with van der Waals surface area (Å²) in [5, 5.41) is 12.2. The first kappa shape index (κ1) is 13.1. The zero-order valence-corrected chi connectivity index (χ0v) is 11.3. The van der Waals surface area contributed by atoms with Gasteiger partial charge in [-0.05, 0) is 51.0 Å². The van der Waals surface area contributed by atoms with Crippen LogP contribution in [0.4, 0.5) is 5.69 Å². The molecule has 2 nitrogen and oxygen atoms in total. The number of hydrogen-bond donors (Lipinski definition) is 1. The highest BCUT2D eigenvalue weighted by molar-refractivity contribution is 9.10. The molecule has 1 N–H and O–H groups in total. The van der Waals surface area contributed by atoms with E-state index in [-0.39, 0.29) is 5.41 Å². The van der Waals surface area contributed by atoms with Gasteiger partial charge in [0.1, 0.15) is 0 Å². The molecule has 0 fully saturated rings. The van der Waals surface area contributed by atoms with Crippen LogP contribution in [0.25, 0.3) is 0 Å². The van der Waals surface area contributed by atoms with Crippen LogP contribution < -0.4 is 5.32 Å². The Balaban J connectivity index is 2.27. The number of benzene rings is 1. The minimum absolute atomic E-state index is 0.207. The Kier molecular flexibility index (Phi) is 4.82. The van der Waals surface area contributed by atoms with Crippen LogP contribution in [-0.4, -0.2) is 6.54 Å². The Morgan fingerprint density at radius 2 is 1.94 bits per heavy atom. The third-order valence-electron chi connectivity index (χ3n) is 2.45. The normalized spacial score (nSPS) is 10.9. The summed E-state index contributed by atoms with van der Waals surface area (Å²) in [6.07, 6.45) is 1.93. The van der Waals surface area contributed by atoms with Gasteiger partial charge < -0.3 is 5.32 Å². The summed E-state index contributed by atoms with van der Waals surface area (Å²) < 4.78 is 1.09. The summed E-state index contributed by atoms with van der Waals surface area (Å²) in [7, 11) is 0. The van der Waals surface area contributed by atoms with Crippen molar-refractivity contribution in [2.75, 3.05) is 11.9 Å². The molecule has 86 valence electrons. The number of rotatable bonds is 5. The molecule has 0 bridgehead atoms. The number of halogens is 1. The predicted octanol–water partition coefficient (Wildman–Crippen LogP) is 4.19. The average Bonchev–Trinajstić information content (AvgIpc) is 2.27. The van der Waals surface area contributed by atoms with Crippen molar-refractivity contribution in [2.45, 2.75) is 26.7 Å². The summed E-state index contributed by atoms with van der Waals surface area (Å²) >= 11 is 3.40. The van der Waals surface area contributed by atoms with Crippen LogP contribution in [0.1, 0.15) is 26.7 Å². The molecule has 0 heterocycles. The molecule has 0 spiro atoms. The molecule has 0 aliphatic heterocycles. The van der Waals surface area contributed by atoms with Crippen molar-refractivity contribution < 1.29 is 0 Å². The van der Waals surface area contributed by atoms with Gasteiger partial charge in [-0.2, -0.15) is 5.26 Å². The van der Waals surface area contributed by atoms with Crippen LogP contribution in [0.5, 0.6) is 0 Å². The fourth-order valence-electron chi connectivity index (χ4n) is 1.39. The fraction of sp³-hybridized carbons (Fsp3) is 0.462. The SMILES string of the molecule is CC(C)(C#N)CCCNc1ccc(Br)cc1. The van der Waals surface area contributed by atoms with E-state index >= 15 is 0 Å². The smallest absolute Gasteiger partial charge is 0.0683 e. The summed E-state index contributed by atoms with van der Waals surface area (Å²) in [6, 6.07) is 10.4. The molecule has 0 amide bonds. The van der Waals surface area contributed by atoms with E-state index in [1.54, 1.807) is 0 Å². The first-order chi connectivity index (χ1) is 7.53. The quantitative estimate of drug-likeness (QED) is 0.821. The van der Waals surface area contributed by atoms with Crippen molar-refractivity contribution in [3.8, 4) is 6.07 Å². The van der Waals surface area contributed by atoms with Crippen LogP contribution in [0.2, 0.25) is 0 Å². The summed E-state index contributed by atoms with van der Waals surface area (Å²) in [6.45, 7) is 4.87. The van der Waals surface area contributed by atoms with Crippen molar-refractivity contribution in [3.05, 3.63) is 28.7 Å². The van der Waals surface area contributed by atoms with E-state index in [0.29, 0.717) is 0 Å². The van der Waals surface area contributed by atoms with Crippen molar-refractivity contribution in [1.82, 2.24) is 0 Å². The van der Waals surface area contributed by atoms with Crippen molar-refractivity contribution >= 4 is 21.6 Å². The third kappa shape index (κ3) is 4.67. The highest BCUT2D eigenvalue weighted by atomic mass is 79.9. The molecular formula is C13H17BrN2. The van der Waals surface area contributed by atoms with Gasteiger partial charge in [-0.3, -0.25) is 0 Å². The largest absolute Gasteiger partial charge is 0.385 e. The topological polar surface area (TPSA) is 35.8 Å². The summed E-state index contributed by atoms with van der Waals surface area (Å²) in [4.78, 5) is 0. The van der Waals surface area contributed by atoms with E-state index in [1.807, 2.05) is 38.1 Å². The number of nitrogens with zero attached hydrogens (tertiary/aromatic N) is 1. The molecule has 1 rings (SSSR count). The van der Waals surface area contributed by atoms with Gasteiger partial charge in [0.05, 0.1) is 11.5 Å². The second-order valence-electron chi connectivity index (χ2n) is 4.53. The maximum atomic E-state index is 8.87. The van der Waals surface area contributed by atoms with E-state index in [0.717, 1.165) is 29.5 Å². The number of anilines is 1. The molecule has 1 aromatic rings. The Bertz CT molecular complexity index is 363. The van der Waals surface area contributed by atoms with Crippen LogP contribution in [0.15, 0.2) is 28.7 Å². The Labute approximate surface area is 106 Å². The van der Waals surface area contributed by atoms with Gasteiger partial charge in [-0.25, -0.2) is 0 Å². The molecule has 0 radical (unpaired) electrons.